The lowest BCUT2D eigenvalue weighted by Crippen LogP contribution is -2.07. The molecule has 2 heteroatoms. The van der Waals surface area contributed by atoms with E-state index in [1.807, 2.05) is 6.08 Å². The second-order valence-electron chi connectivity index (χ2n) is 2.66. The molecule has 1 rings (SSSR count). The van der Waals surface area contributed by atoms with Crippen molar-refractivity contribution in [1.29, 1.82) is 0 Å². The number of Topliss-reactive ketones (excluding diaryl/α,β-unsaturated/α-hetero) is 1. The summed E-state index contributed by atoms with van der Waals surface area (Å²) in [6.07, 6.45) is 5.31. The Hall–Kier alpha value is -0.110. The highest BCUT2D eigenvalue weighted by molar-refractivity contribution is 9.09. The molecule has 1 atom stereocenters. The minimum absolute atomic E-state index is 0.226. The van der Waals surface area contributed by atoms with Gasteiger partial charge in [0.25, 0.3) is 0 Å². The summed E-state index contributed by atoms with van der Waals surface area (Å²) in [5, 5.41) is 0. The maximum atomic E-state index is 10.9. The van der Waals surface area contributed by atoms with Crippen molar-refractivity contribution in [2.45, 2.75) is 31.0 Å². The van der Waals surface area contributed by atoms with E-state index in [-0.39, 0.29) is 5.78 Å². The fourth-order valence-corrected chi connectivity index (χ4v) is 1.81. The maximum Gasteiger partial charge on any atom is 0.155 e. The third kappa shape index (κ3) is 1.94. The van der Waals surface area contributed by atoms with Crippen molar-refractivity contribution in [1.82, 2.24) is 0 Å². The molecule has 0 aromatic rings. The minimum atomic E-state index is 0.226. The van der Waals surface area contributed by atoms with E-state index in [1.54, 1.807) is 6.92 Å². The molecule has 1 unspecified atom stereocenters. The maximum absolute atomic E-state index is 10.9. The fraction of sp³-hybridized carbons (Fsp3) is 0.625. The predicted molar refractivity (Wildman–Crippen MR) is 45.3 cm³/mol. The van der Waals surface area contributed by atoms with E-state index in [0.29, 0.717) is 4.83 Å². The molecular weight excluding hydrogens is 192 g/mol. The zero-order valence-corrected chi connectivity index (χ0v) is 7.65. The molecule has 0 bridgehead atoms. The SMILES string of the molecule is CC(=O)C1=CC(Br)CCC1. The Kier molecular flexibility index (Phi) is 2.66. The van der Waals surface area contributed by atoms with Crippen LogP contribution in [-0.4, -0.2) is 10.6 Å². The van der Waals surface area contributed by atoms with Crippen LogP contribution in [0.15, 0.2) is 11.6 Å². The predicted octanol–water partition coefficient (Wildman–Crippen LogP) is 2.45. The number of carbonyl (C=O) groups excluding carboxylic acids is 1. The fourth-order valence-electron chi connectivity index (χ4n) is 1.17. The van der Waals surface area contributed by atoms with Crippen LogP contribution in [0, 0.1) is 0 Å². The second-order valence-corrected chi connectivity index (χ2v) is 3.83. The van der Waals surface area contributed by atoms with Crippen LogP contribution in [0.1, 0.15) is 26.2 Å². The third-order valence-electron chi connectivity index (χ3n) is 1.76. The lowest BCUT2D eigenvalue weighted by atomic mass is 9.97. The highest BCUT2D eigenvalue weighted by atomic mass is 79.9. The first kappa shape index (κ1) is 7.99. The van der Waals surface area contributed by atoms with Crippen molar-refractivity contribution in [3.05, 3.63) is 11.6 Å². The van der Waals surface area contributed by atoms with Gasteiger partial charge in [0, 0.05) is 4.83 Å². The van der Waals surface area contributed by atoms with Gasteiger partial charge in [0.1, 0.15) is 0 Å². The summed E-state index contributed by atoms with van der Waals surface area (Å²) in [6, 6.07) is 0. The third-order valence-corrected chi connectivity index (χ3v) is 2.48. The molecule has 0 saturated carbocycles. The zero-order chi connectivity index (χ0) is 7.56. The van der Waals surface area contributed by atoms with Gasteiger partial charge in [0.2, 0.25) is 0 Å². The van der Waals surface area contributed by atoms with E-state index in [2.05, 4.69) is 15.9 Å². The number of carbonyl (C=O) groups is 1. The van der Waals surface area contributed by atoms with E-state index in [0.717, 1.165) is 24.8 Å². The monoisotopic (exact) mass is 202 g/mol. The molecule has 1 nitrogen and oxygen atoms in total. The summed E-state index contributed by atoms with van der Waals surface area (Å²) >= 11 is 3.47. The van der Waals surface area contributed by atoms with Gasteiger partial charge in [0.15, 0.2) is 5.78 Å². The molecule has 0 spiro atoms. The van der Waals surface area contributed by atoms with Crippen LogP contribution in [0.4, 0.5) is 0 Å². The quantitative estimate of drug-likeness (QED) is 0.598. The number of hydrogen-bond donors (Lipinski definition) is 0. The van der Waals surface area contributed by atoms with Crippen LogP contribution < -0.4 is 0 Å². The second kappa shape index (κ2) is 3.33. The zero-order valence-electron chi connectivity index (χ0n) is 6.06. The van der Waals surface area contributed by atoms with Gasteiger partial charge in [-0.3, -0.25) is 4.79 Å². The average molecular weight is 203 g/mol. The van der Waals surface area contributed by atoms with Gasteiger partial charge < -0.3 is 0 Å². The van der Waals surface area contributed by atoms with Crippen molar-refractivity contribution in [2.75, 3.05) is 0 Å². The lowest BCUT2D eigenvalue weighted by Gasteiger charge is -2.13. The molecule has 10 heavy (non-hydrogen) atoms. The van der Waals surface area contributed by atoms with E-state index in [9.17, 15) is 4.79 Å². The molecule has 0 fully saturated rings. The van der Waals surface area contributed by atoms with Gasteiger partial charge in [-0.2, -0.15) is 0 Å². The minimum Gasteiger partial charge on any atom is -0.295 e. The van der Waals surface area contributed by atoms with Crippen molar-refractivity contribution in [3.63, 3.8) is 0 Å². The highest BCUT2D eigenvalue weighted by Crippen LogP contribution is 2.23. The molecule has 0 saturated heterocycles. The van der Waals surface area contributed by atoms with E-state index in [4.69, 9.17) is 0 Å². The van der Waals surface area contributed by atoms with Gasteiger partial charge in [-0.05, 0) is 31.8 Å². The van der Waals surface area contributed by atoms with Gasteiger partial charge in [-0.25, -0.2) is 0 Å². The normalized spacial score (nSPS) is 25.8. The number of hydrogen-bond acceptors (Lipinski definition) is 1. The first-order valence-corrected chi connectivity index (χ1v) is 4.47. The standard InChI is InChI=1S/C8H11BrO/c1-6(10)7-3-2-4-8(9)5-7/h5,8H,2-4H2,1H3. The van der Waals surface area contributed by atoms with Gasteiger partial charge in [-0.15, -0.1) is 0 Å². The summed E-state index contributed by atoms with van der Waals surface area (Å²) in [4.78, 5) is 11.3. The van der Waals surface area contributed by atoms with Crippen LogP contribution in [-0.2, 0) is 4.79 Å². The van der Waals surface area contributed by atoms with Crippen LogP contribution >= 0.6 is 15.9 Å². The molecule has 0 aromatic heterocycles. The van der Waals surface area contributed by atoms with Crippen molar-refractivity contribution < 1.29 is 4.79 Å². The van der Waals surface area contributed by atoms with Gasteiger partial charge >= 0.3 is 0 Å². The number of halogens is 1. The van der Waals surface area contributed by atoms with Crippen LogP contribution in [0.3, 0.4) is 0 Å². The Morgan fingerprint density at radius 1 is 1.80 bits per heavy atom. The smallest absolute Gasteiger partial charge is 0.155 e. The Morgan fingerprint density at radius 3 is 2.90 bits per heavy atom. The van der Waals surface area contributed by atoms with Gasteiger partial charge in [0.05, 0.1) is 0 Å². The number of ketones is 1. The summed E-state index contributed by atoms with van der Waals surface area (Å²) in [6.45, 7) is 1.64. The Labute approximate surface area is 69.6 Å². The van der Waals surface area contributed by atoms with E-state index in [1.165, 1.54) is 0 Å². The van der Waals surface area contributed by atoms with E-state index >= 15 is 0 Å². The largest absolute Gasteiger partial charge is 0.295 e. The van der Waals surface area contributed by atoms with Crippen LogP contribution in [0.2, 0.25) is 0 Å². The van der Waals surface area contributed by atoms with Crippen molar-refractivity contribution in [2.24, 2.45) is 0 Å². The first-order chi connectivity index (χ1) is 4.70. The average Bonchev–Trinajstić information content (AvgIpc) is 1.88. The number of allylic oxidation sites excluding steroid dienone is 2. The molecular formula is C8H11BrO. The summed E-state index contributed by atoms with van der Waals surface area (Å²) < 4.78 is 0. The highest BCUT2D eigenvalue weighted by Gasteiger charge is 2.12. The van der Waals surface area contributed by atoms with E-state index < -0.39 is 0 Å². The van der Waals surface area contributed by atoms with Gasteiger partial charge in [-0.1, -0.05) is 22.0 Å². The summed E-state index contributed by atoms with van der Waals surface area (Å²) in [5.41, 5.74) is 0.994. The molecule has 0 aromatic carbocycles. The lowest BCUT2D eigenvalue weighted by molar-refractivity contribution is -0.113. The molecule has 0 radical (unpaired) electrons. The number of rotatable bonds is 1. The molecule has 0 amide bonds. The number of alkyl halides is 1. The Bertz CT molecular complexity index is 172. The molecule has 1 aliphatic carbocycles. The molecule has 56 valence electrons. The Morgan fingerprint density at radius 2 is 2.50 bits per heavy atom. The van der Waals surface area contributed by atoms with Crippen molar-refractivity contribution >= 4 is 21.7 Å². The molecule has 1 aliphatic rings. The summed E-state index contributed by atoms with van der Waals surface area (Å²) in [7, 11) is 0. The summed E-state index contributed by atoms with van der Waals surface area (Å²) in [5.74, 6) is 0.226. The van der Waals surface area contributed by atoms with Crippen molar-refractivity contribution in [3.8, 4) is 0 Å². The first-order valence-electron chi connectivity index (χ1n) is 3.56. The molecule has 0 heterocycles. The Balaban J connectivity index is 2.66. The molecule has 0 N–H and O–H groups in total. The van der Waals surface area contributed by atoms with Crippen LogP contribution in [0.5, 0.6) is 0 Å². The van der Waals surface area contributed by atoms with Crippen LogP contribution in [0.25, 0.3) is 0 Å². The molecule has 0 aliphatic heterocycles. The topological polar surface area (TPSA) is 17.1 Å².